The Kier molecular flexibility index (Phi) is 1.82. The molecule has 5 nitrogen and oxygen atoms in total. The highest BCUT2D eigenvalue weighted by atomic mass is 16.4. The summed E-state index contributed by atoms with van der Waals surface area (Å²) in [6.45, 7) is 1.62. The van der Waals surface area contributed by atoms with E-state index in [1.165, 1.54) is 12.1 Å². The highest BCUT2D eigenvalue weighted by molar-refractivity contribution is 5.91. The lowest BCUT2D eigenvalue weighted by Crippen LogP contribution is -1.98. The van der Waals surface area contributed by atoms with Gasteiger partial charge in [0.2, 0.25) is 5.75 Å². The Morgan fingerprint density at radius 1 is 1.07 bits per heavy atom. The van der Waals surface area contributed by atoms with Gasteiger partial charge in [0.15, 0.2) is 5.75 Å². The molecule has 0 spiro atoms. The van der Waals surface area contributed by atoms with Gasteiger partial charge >= 0.3 is 5.63 Å². The first-order chi connectivity index (χ1) is 7.02. The van der Waals surface area contributed by atoms with Crippen molar-refractivity contribution in [1.29, 1.82) is 0 Å². The minimum Gasteiger partial charge on any atom is -0.507 e. The molecule has 0 saturated carbocycles. The van der Waals surface area contributed by atoms with E-state index in [1.54, 1.807) is 6.92 Å². The maximum absolute atomic E-state index is 11.0. The predicted octanol–water partition coefficient (Wildman–Crippen LogP) is 1.22. The Balaban J connectivity index is 3.07. The van der Waals surface area contributed by atoms with Crippen molar-refractivity contribution in [2.45, 2.75) is 6.92 Å². The zero-order valence-electron chi connectivity index (χ0n) is 7.81. The number of rotatable bonds is 0. The third-order valence-corrected chi connectivity index (χ3v) is 2.20. The van der Waals surface area contributed by atoms with Crippen LogP contribution in [-0.2, 0) is 0 Å². The zero-order valence-corrected chi connectivity index (χ0v) is 7.81. The molecule has 0 aliphatic heterocycles. The number of hydrogen-bond donors (Lipinski definition) is 3. The molecule has 0 unspecified atom stereocenters. The molecule has 0 bridgehead atoms. The molecular formula is C10H8O5. The molecule has 2 rings (SSSR count). The summed E-state index contributed by atoms with van der Waals surface area (Å²) in [4.78, 5) is 11.0. The second-order valence-corrected chi connectivity index (χ2v) is 3.19. The van der Waals surface area contributed by atoms with Crippen LogP contribution in [0.3, 0.4) is 0 Å². The average Bonchev–Trinajstić information content (AvgIpc) is 2.20. The Morgan fingerprint density at radius 2 is 1.73 bits per heavy atom. The first kappa shape index (κ1) is 9.39. The Labute approximate surface area is 83.8 Å². The monoisotopic (exact) mass is 208 g/mol. The second kappa shape index (κ2) is 2.91. The molecular weight excluding hydrogens is 200 g/mol. The lowest BCUT2D eigenvalue weighted by atomic mass is 10.1. The van der Waals surface area contributed by atoms with Gasteiger partial charge in [-0.05, 0) is 18.6 Å². The van der Waals surface area contributed by atoms with Crippen LogP contribution in [0.4, 0.5) is 0 Å². The third kappa shape index (κ3) is 1.20. The fourth-order valence-electron chi connectivity index (χ4n) is 1.35. The number of phenolic OH excluding ortho intramolecular Hbond substituents is 1. The van der Waals surface area contributed by atoms with Gasteiger partial charge in [0, 0.05) is 0 Å². The molecule has 78 valence electrons. The van der Waals surface area contributed by atoms with Crippen molar-refractivity contribution >= 4 is 11.0 Å². The van der Waals surface area contributed by atoms with Crippen LogP contribution in [0, 0.1) is 6.92 Å². The SMILES string of the molecule is Cc1ccc2oc(=O)c(O)c(O)c2c1O. The van der Waals surface area contributed by atoms with Crippen molar-refractivity contribution in [3.05, 3.63) is 28.1 Å². The van der Waals surface area contributed by atoms with Gasteiger partial charge in [0.25, 0.3) is 0 Å². The van der Waals surface area contributed by atoms with Crippen LogP contribution in [0.25, 0.3) is 11.0 Å². The van der Waals surface area contributed by atoms with E-state index in [0.29, 0.717) is 5.56 Å². The number of benzene rings is 1. The standard InChI is InChI=1S/C10H8O5/c1-4-2-3-5-6(7(4)11)8(12)9(13)10(14)15-5/h2-3,11-13H,1H3. The lowest BCUT2D eigenvalue weighted by molar-refractivity contribution is 0.375. The van der Waals surface area contributed by atoms with Crippen LogP contribution in [0.2, 0.25) is 0 Å². The molecule has 1 aromatic carbocycles. The summed E-state index contributed by atoms with van der Waals surface area (Å²) in [5.74, 6) is -1.78. The van der Waals surface area contributed by atoms with E-state index in [0.717, 1.165) is 0 Å². The maximum Gasteiger partial charge on any atom is 0.382 e. The van der Waals surface area contributed by atoms with Gasteiger partial charge in [-0.1, -0.05) is 6.07 Å². The van der Waals surface area contributed by atoms with E-state index in [2.05, 4.69) is 4.42 Å². The van der Waals surface area contributed by atoms with Gasteiger partial charge in [-0.15, -0.1) is 0 Å². The van der Waals surface area contributed by atoms with Gasteiger partial charge in [-0.3, -0.25) is 0 Å². The second-order valence-electron chi connectivity index (χ2n) is 3.19. The minimum absolute atomic E-state index is 0.0263. The fraction of sp³-hybridized carbons (Fsp3) is 0.100. The Morgan fingerprint density at radius 3 is 2.40 bits per heavy atom. The van der Waals surface area contributed by atoms with E-state index < -0.39 is 17.1 Å². The van der Waals surface area contributed by atoms with Crippen LogP contribution in [0.15, 0.2) is 21.3 Å². The molecule has 0 fully saturated rings. The summed E-state index contributed by atoms with van der Waals surface area (Å²) in [5.41, 5.74) is -0.507. The van der Waals surface area contributed by atoms with E-state index >= 15 is 0 Å². The lowest BCUT2D eigenvalue weighted by Gasteiger charge is -2.05. The van der Waals surface area contributed by atoms with E-state index in [-0.39, 0.29) is 16.7 Å². The van der Waals surface area contributed by atoms with Crippen molar-refractivity contribution in [2.24, 2.45) is 0 Å². The molecule has 5 heteroatoms. The maximum atomic E-state index is 11.0. The summed E-state index contributed by atoms with van der Waals surface area (Å²) in [7, 11) is 0. The van der Waals surface area contributed by atoms with E-state index in [4.69, 9.17) is 5.11 Å². The summed E-state index contributed by atoms with van der Waals surface area (Å²) < 4.78 is 4.68. The van der Waals surface area contributed by atoms with Crippen LogP contribution >= 0.6 is 0 Å². The number of hydrogen-bond acceptors (Lipinski definition) is 5. The quantitative estimate of drug-likeness (QED) is 0.566. The molecule has 3 N–H and O–H groups in total. The summed E-state index contributed by atoms with van der Waals surface area (Å²) in [6, 6.07) is 2.97. The third-order valence-electron chi connectivity index (χ3n) is 2.20. The number of aryl methyl sites for hydroxylation is 1. The van der Waals surface area contributed by atoms with Crippen molar-refractivity contribution in [3.63, 3.8) is 0 Å². The van der Waals surface area contributed by atoms with Crippen molar-refractivity contribution in [3.8, 4) is 17.2 Å². The molecule has 1 heterocycles. The van der Waals surface area contributed by atoms with Gasteiger partial charge < -0.3 is 19.7 Å². The molecule has 0 aliphatic rings. The predicted molar refractivity (Wildman–Crippen MR) is 52.2 cm³/mol. The molecule has 0 radical (unpaired) electrons. The molecule has 0 amide bonds. The normalized spacial score (nSPS) is 10.7. The number of phenols is 1. The van der Waals surface area contributed by atoms with Gasteiger partial charge in [0.05, 0.1) is 0 Å². The van der Waals surface area contributed by atoms with E-state index in [1.807, 2.05) is 0 Å². The first-order valence-electron chi connectivity index (χ1n) is 4.19. The Bertz CT molecular complexity index is 597. The van der Waals surface area contributed by atoms with Crippen LogP contribution in [-0.4, -0.2) is 15.3 Å². The van der Waals surface area contributed by atoms with Gasteiger partial charge in [-0.25, -0.2) is 4.79 Å². The number of aromatic hydroxyl groups is 3. The van der Waals surface area contributed by atoms with Crippen LogP contribution in [0.5, 0.6) is 17.2 Å². The number of fused-ring (bicyclic) bond motifs is 1. The highest BCUT2D eigenvalue weighted by Crippen LogP contribution is 2.37. The molecule has 0 aliphatic carbocycles. The van der Waals surface area contributed by atoms with Crippen molar-refractivity contribution in [1.82, 2.24) is 0 Å². The summed E-state index contributed by atoms with van der Waals surface area (Å²) >= 11 is 0. The average molecular weight is 208 g/mol. The zero-order chi connectivity index (χ0) is 11.2. The topological polar surface area (TPSA) is 90.9 Å². The van der Waals surface area contributed by atoms with Gasteiger partial charge in [0.1, 0.15) is 16.7 Å². The molecule has 1 aromatic heterocycles. The molecule has 2 aromatic rings. The van der Waals surface area contributed by atoms with Crippen molar-refractivity contribution < 1.29 is 19.7 Å². The van der Waals surface area contributed by atoms with Crippen molar-refractivity contribution in [2.75, 3.05) is 0 Å². The molecule has 15 heavy (non-hydrogen) atoms. The Hall–Kier alpha value is -2.17. The summed E-state index contributed by atoms with van der Waals surface area (Å²) in [6.07, 6.45) is 0. The van der Waals surface area contributed by atoms with E-state index in [9.17, 15) is 15.0 Å². The smallest absolute Gasteiger partial charge is 0.382 e. The molecule has 0 saturated heterocycles. The largest absolute Gasteiger partial charge is 0.507 e. The molecule has 0 atom stereocenters. The fourth-order valence-corrected chi connectivity index (χ4v) is 1.35. The van der Waals surface area contributed by atoms with Crippen LogP contribution in [0.1, 0.15) is 5.56 Å². The first-order valence-corrected chi connectivity index (χ1v) is 4.19. The minimum atomic E-state index is -1.04. The summed E-state index contributed by atoms with van der Waals surface area (Å²) in [5, 5.41) is 28.2. The van der Waals surface area contributed by atoms with Gasteiger partial charge in [-0.2, -0.15) is 0 Å². The van der Waals surface area contributed by atoms with Crippen LogP contribution < -0.4 is 5.63 Å². The highest BCUT2D eigenvalue weighted by Gasteiger charge is 2.16.